The Balaban J connectivity index is 1.56. The van der Waals surface area contributed by atoms with Crippen molar-refractivity contribution in [3.63, 3.8) is 0 Å². The number of rotatable bonds is 4. The van der Waals surface area contributed by atoms with E-state index in [0.717, 1.165) is 6.07 Å². The zero-order valence-electron chi connectivity index (χ0n) is 15.2. The lowest BCUT2D eigenvalue weighted by Gasteiger charge is -2.35. The highest BCUT2D eigenvalue weighted by Gasteiger charge is 2.33. The number of carbonyl (C=O) groups is 1. The second kappa shape index (κ2) is 8.01. The van der Waals surface area contributed by atoms with Crippen molar-refractivity contribution in [1.82, 2.24) is 14.7 Å². The van der Waals surface area contributed by atoms with Gasteiger partial charge in [-0.1, -0.05) is 12.1 Å². The normalized spacial score (nSPS) is 15.5. The number of piperazine rings is 1. The number of hydrogen-bond acceptors (Lipinski definition) is 5. The number of nitrogens with zero attached hydrogens (tertiary/aromatic N) is 4. The highest BCUT2D eigenvalue weighted by atomic mass is 19.4. The van der Waals surface area contributed by atoms with Crippen LogP contribution in [0.3, 0.4) is 0 Å². The van der Waals surface area contributed by atoms with Crippen LogP contribution >= 0.6 is 0 Å². The standard InChI is InChI=1S/C18H20F3N5O2/c1-24-17(28)10-13(11-22-24)26-8-6-25(7-9-26)12-16(27)23-15-5-3-2-4-14(15)18(19,20)21/h2-5,10-11H,6-9,12H2,1H3,(H,23,27). The van der Waals surface area contributed by atoms with Crippen LogP contribution in [0, 0.1) is 0 Å². The Labute approximate surface area is 159 Å². The fraction of sp³-hybridized carbons (Fsp3) is 0.389. The van der Waals surface area contributed by atoms with Crippen LogP contribution in [0.5, 0.6) is 0 Å². The maximum absolute atomic E-state index is 13.0. The van der Waals surface area contributed by atoms with E-state index in [1.807, 2.05) is 9.80 Å². The lowest BCUT2D eigenvalue weighted by atomic mass is 10.1. The summed E-state index contributed by atoms with van der Waals surface area (Å²) in [5, 5.41) is 6.34. The van der Waals surface area contributed by atoms with E-state index in [1.165, 1.54) is 28.9 Å². The highest BCUT2D eigenvalue weighted by molar-refractivity contribution is 5.93. The first-order valence-corrected chi connectivity index (χ1v) is 8.71. The maximum Gasteiger partial charge on any atom is 0.418 e. The molecule has 1 N–H and O–H groups in total. The van der Waals surface area contributed by atoms with Gasteiger partial charge in [-0.2, -0.15) is 18.3 Å². The molecule has 28 heavy (non-hydrogen) atoms. The Morgan fingerprint density at radius 2 is 1.86 bits per heavy atom. The molecule has 7 nitrogen and oxygen atoms in total. The van der Waals surface area contributed by atoms with Gasteiger partial charge in [0.25, 0.3) is 5.56 Å². The largest absolute Gasteiger partial charge is 0.418 e. The topological polar surface area (TPSA) is 70.5 Å². The minimum absolute atomic E-state index is 0.00512. The summed E-state index contributed by atoms with van der Waals surface area (Å²) in [5.74, 6) is -0.500. The van der Waals surface area contributed by atoms with Gasteiger partial charge in [0.1, 0.15) is 0 Å². The molecule has 0 aliphatic carbocycles. The molecule has 0 unspecified atom stereocenters. The number of carbonyl (C=O) groups excluding carboxylic acids is 1. The van der Waals surface area contributed by atoms with Crippen molar-refractivity contribution in [2.45, 2.75) is 6.18 Å². The first kappa shape index (κ1) is 19.9. The molecule has 1 aromatic heterocycles. The van der Waals surface area contributed by atoms with Gasteiger partial charge in [-0.3, -0.25) is 14.5 Å². The third kappa shape index (κ3) is 4.69. The van der Waals surface area contributed by atoms with Crippen LogP contribution in [-0.2, 0) is 18.0 Å². The van der Waals surface area contributed by atoms with E-state index in [-0.39, 0.29) is 17.8 Å². The molecule has 3 rings (SSSR count). The van der Waals surface area contributed by atoms with Gasteiger partial charge >= 0.3 is 6.18 Å². The molecule has 0 bridgehead atoms. The SMILES string of the molecule is Cn1ncc(N2CCN(CC(=O)Nc3ccccc3C(F)(F)F)CC2)cc1=O. The first-order valence-electron chi connectivity index (χ1n) is 8.71. The number of alkyl halides is 3. The summed E-state index contributed by atoms with van der Waals surface area (Å²) >= 11 is 0. The number of benzene rings is 1. The summed E-state index contributed by atoms with van der Waals surface area (Å²) in [6, 6.07) is 6.41. The summed E-state index contributed by atoms with van der Waals surface area (Å²) in [6.07, 6.45) is -2.92. The first-order chi connectivity index (χ1) is 13.2. The molecule has 0 saturated carbocycles. The third-order valence-electron chi connectivity index (χ3n) is 4.56. The molecular formula is C18H20F3N5O2. The Morgan fingerprint density at radius 3 is 2.50 bits per heavy atom. The van der Waals surface area contributed by atoms with Crippen molar-refractivity contribution >= 4 is 17.3 Å². The summed E-state index contributed by atoms with van der Waals surface area (Å²) in [5.41, 5.74) is -0.606. The molecule has 2 heterocycles. The van der Waals surface area contributed by atoms with Crippen molar-refractivity contribution in [2.75, 3.05) is 42.9 Å². The summed E-state index contributed by atoms with van der Waals surface area (Å²) in [4.78, 5) is 27.7. The van der Waals surface area contributed by atoms with E-state index in [4.69, 9.17) is 0 Å². The summed E-state index contributed by atoms with van der Waals surface area (Å²) in [6.45, 7) is 2.25. The monoisotopic (exact) mass is 395 g/mol. The van der Waals surface area contributed by atoms with Gasteiger partial charge in [0.05, 0.1) is 29.7 Å². The van der Waals surface area contributed by atoms with Crippen molar-refractivity contribution in [1.29, 1.82) is 0 Å². The van der Waals surface area contributed by atoms with E-state index in [0.29, 0.717) is 31.9 Å². The number of halogens is 3. The quantitative estimate of drug-likeness (QED) is 0.851. The van der Waals surface area contributed by atoms with Crippen LogP contribution in [-0.4, -0.2) is 53.3 Å². The fourth-order valence-corrected chi connectivity index (χ4v) is 3.03. The Kier molecular flexibility index (Phi) is 5.68. The molecule has 0 atom stereocenters. The number of aryl methyl sites for hydroxylation is 1. The van der Waals surface area contributed by atoms with Gasteiger partial charge in [0.2, 0.25) is 5.91 Å². The van der Waals surface area contributed by atoms with Gasteiger partial charge in [-0.05, 0) is 12.1 Å². The van der Waals surface area contributed by atoms with E-state index >= 15 is 0 Å². The smallest absolute Gasteiger partial charge is 0.368 e. The summed E-state index contributed by atoms with van der Waals surface area (Å²) in [7, 11) is 1.57. The highest BCUT2D eigenvalue weighted by Crippen LogP contribution is 2.34. The number of para-hydroxylation sites is 1. The number of hydrogen-bond donors (Lipinski definition) is 1. The lowest BCUT2D eigenvalue weighted by Crippen LogP contribution is -2.49. The molecule has 0 spiro atoms. The van der Waals surface area contributed by atoms with Crippen molar-refractivity contribution in [3.8, 4) is 0 Å². The molecule has 2 aromatic rings. The fourth-order valence-electron chi connectivity index (χ4n) is 3.03. The molecule has 1 fully saturated rings. The van der Waals surface area contributed by atoms with Crippen LogP contribution in [0.2, 0.25) is 0 Å². The second-order valence-electron chi connectivity index (χ2n) is 6.53. The number of amides is 1. The van der Waals surface area contributed by atoms with Crippen LogP contribution in [0.4, 0.5) is 24.5 Å². The maximum atomic E-state index is 13.0. The minimum atomic E-state index is -4.53. The molecule has 10 heteroatoms. The van der Waals surface area contributed by atoms with E-state index in [9.17, 15) is 22.8 Å². The molecule has 1 saturated heterocycles. The van der Waals surface area contributed by atoms with Gasteiger partial charge in [-0.15, -0.1) is 0 Å². The summed E-state index contributed by atoms with van der Waals surface area (Å²) < 4.78 is 40.3. The zero-order chi connectivity index (χ0) is 20.3. The zero-order valence-corrected chi connectivity index (χ0v) is 15.2. The second-order valence-corrected chi connectivity index (χ2v) is 6.53. The Bertz CT molecular complexity index is 905. The average Bonchev–Trinajstić information content (AvgIpc) is 2.64. The van der Waals surface area contributed by atoms with E-state index in [1.54, 1.807) is 13.2 Å². The van der Waals surface area contributed by atoms with E-state index < -0.39 is 17.6 Å². The Hall–Kier alpha value is -2.88. The van der Waals surface area contributed by atoms with Crippen molar-refractivity contribution in [3.05, 3.63) is 52.4 Å². The van der Waals surface area contributed by atoms with Crippen molar-refractivity contribution < 1.29 is 18.0 Å². The minimum Gasteiger partial charge on any atom is -0.368 e. The number of aromatic nitrogens is 2. The number of nitrogens with one attached hydrogen (secondary N) is 1. The predicted octanol–water partition coefficient (Wildman–Crippen LogP) is 1.56. The van der Waals surface area contributed by atoms with Gasteiger partial charge in [-0.25, -0.2) is 4.68 Å². The van der Waals surface area contributed by atoms with Gasteiger partial charge in [0.15, 0.2) is 0 Å². The molecule has 1 aliphatic rings. The molecule has 1 amide bonds. The third-order valence-corrected chi connectivity index (χ3v) is 4.56. The Morgan fingerprint density at radius 1 is 1.18 bits per heavy atom. The van der Waals surface area contributed by atoms with Gasteiger partial charge < -0.3 is 10.2 Å². The molecule has 150 valence electrons. The van der Waals surface area contributed by atoms with Crippen LogP contribution in [0.1, 0.15) is 5.56 Å². The van der Waals surface area contributed by atoms with Crippen molar-refractivity contribution in [2.24, 2.45) is 7.05 Å². The van der Waals surface area contributed by atoms with Gasteiger partial charge in [0, 0.05) is 39.3 Å². The lowest BCUT2D eigenvalue weighted by molar-refractivity contribution is -0.137. The number of anilines is 2. The van der Waals surface area contributed by atoms with Crippen LogP contribution < -0.4 is 15.8 Å². The van der Waals surface area contributed by atoms with E-state index in [2.05, 4.69) is 10.4 Å². The molecule has 0 radical (unpaired) electrons. The average molecular weight is 395 g/mol. The van der Waals surface area contributed by atoms with Crippen LogP contribution in [0.25, 0.3) is 0 Å². The molecule has 1 aromatic carbocycles. The van der Waals surface area contributed by atoms with Crippen LogP contribution in [0.15, 0.2) is 41.3 Å². The molecule has 1 aliphatic heterocycles. The predicted molar refractivity (Wildman–Crippen MR) is 98.2 cm³/mol. The molecular weight excluding hydrogens is 375 g/mol.